The molecule has 0 spiro atoms. The number of rotatable bonds is 3. The molecule has 0 atom stereocenters. The lowest BCUT2D eigenvalue weighted by Crippen LogP contribution is -1.94. The van der Waals surface area contributed by atoms with Crippen LogP contribution in [0.3, 0.4) is 0 Å². The summed E-state index contributed by atoms with van der Waals surface area (Å²) >= 11 is 0. The van der Waals surface area contributed by atoms with Gasteiger partial charge in [0.15, 0.2) is 5.69 Å². The number of pyridine rings is 1. The molecule has 0 saturated heterocycles. The number of ether oxygens (including phenoxy) is 1. The topological polar surface area (TPSA) is 63.8 Å². The summed E-state index contributed by atoms with van der Waals surface area (Å²) in [5.74, 6) is -0.137. The molecule has 5 nitrogen and oxygen atoms in total. The van der Waals surface area contributed by atoms with Crippen molar-refractivity contribution >= 4 is 11.6 Å². The van der Waals surface area contributed by atoms with Crippen molar-refractivity contribution in [3.8, 4) is 16.9 Å². The number of carboxylic acids is 1. The first-order valence-corrected chi connectivity index (χ1v) is 6.87. The SMILES string of the molecule is COc1c(C)cc(-c2ccc3nc(C(=O)O)cn3c2)cc1C. The molecule has 0 bridgehead atoms. The summed E-state index contributed by atoms with van der Waals surface area (Å²) in [6, 6.07) is 7.87. The summed E-state index contributed by atoms with van der Waals surface area (Å²) in [6.45, 7) is 4.02. The molecule has 3 rings (SSSR count). The Kier molecular flexibility index (Phi) is 3.33. The van der Waals surface area contributed by atoms with Crippen LogP contribution in [0.25, 0.3) is 16.8 Å². The van der Waals surface area contributed by atoms with Crippen LogP contribution in [0.1, 0.15) is 21.6 Å². The number of benzene rings is 1. The van der Waals surface area contributed by atoms with Gasteiger partial charge in [-0.25, -0.2) is 9.78 Å². The normalized spacial score (nSPS) is 10.9. The smallest absolute Gasteiger partial charge is 0.356 e. The molecule has 2 aromatic heterocycles. The van der Waals surface area contributed by atoms with Crippen LogP contribution in [0, 0.1) is 13.8 Å². The maximum absolute atomic E-state index is 11.0. The maximum atomic E-state index is 11.0. The molecule has 5 heteroatoms. The molecule has 0 amide bonds. The summed E-state index contributed by atoms with van der Waals surface area (Å²) in [4.78, 5) is 15.0. The monoisotopic (exact) mass is 296 g/mol. The van der Waals surface area contributed by atoms with E-state index in [0.717, 1.165) is 28.0 Å². The van der Waals surface area contributed by atoms with E-state index in [1.807, 2.05) is 32.2 Å². The van der Waals surface area contributed by atoms with Crippen molar-refractivity contribution < 1.29 is 14.6 Å². The van der Waals surface area contributed by atoms with E-state index in [2.05, 4.69) is 17.1 Å². The molecule has 0 aliphatic heterocycles. The molecule has 1 aromatic carbocycles. The molecular weight excluding hydrogens is 280 g/mol. The minimum atomic E-state index is -1.03. The zero-order valence-corrected chi connectivity index (χ0v) is 12.6. The summed E-state index contributed by atoms with van der Waals surface area (Å²) in [5, 5.41) is 9.01. The Balaban J connectivity index is 2.12. The molecule has 1 N–H and O–H groups in total. The van der Waals surface area contributed by atoms with Gasteiger partial charge in [0, 0.05) is 12.4 Å². The second kappa shape index (κ2) is 5.18. The largest absolute Gasteiger partial charge is 0.496 e. The van der Waals surface area contributed by atoms with Gasteiger partial charge in [-0.05, 0) is 60.4 Å². The third kappa shape index (κ3) is 2.30. The number of fused-ring (bicyclic) bond motifs is 1. The molecule has 0 unspecified atom stereocenters. The van der Waals surface area contributed by atoms with Gasteiger partial charge in [0.2, 0.25) is 0 Å². The Morgan fingerprint density at radius 3 is 2.41 bits per heavy atom. The quantitative estimate of drug-likeness (QED) is 0.805. The Labute approximate surface area is 127 Å². The highest BCUT2D eigenvalue weighted by Crippen LogP contribution is 2.30. The van der Waals surface area contributed by atoms with Crippen molar-refractivity contribution in [3.05, 3.63) is 53.5 Å². The number of hydrogen-bond acceptors (Lipinski definition) is 3. The molecule has 0 aliphatic rings. The number of aromatic carboxylic acids is 1. The number of aryl methyl sites for hydroxylation is 2. The third-order valence-electron chi connectivity index (χ3n) is 3.67. The first-order valence-electron chi connectivity index (χ1n) is 6.87. The molecule has 2 heterocycles. The summed E-state index contributed by atoms with van der Waals surface area (Å²) in [6.07, 6.45) is 3.40. The number of carbonyl (C=O) groups is 1. The molecule has 0 saturated carbocycles. The number of hydrogen-bond donors (Lipinski definition) is 1. The third-order valence-corrected chi connectivity index (χ3v) is 3.67. The lowest BCUT2D eigenvalue weighted by molar-refractivity contribution is 0.0691. The van der Waals surface area contributed by atoms with Crippen LogP contribution < -0.4 is 4.74 Å². The van der Waals surface area contributed by atoms with Crippen LogP contribution in [0.15, 0.2) is 36.7 Å². The van der Waals surface area contributed by atoms with Crippen molar-refractivity contribution in [2.24, 2.45) is 0 Å². The van der Waals surface area contributed by atoms with Gasteiger partial charge in [-0.15, -0.1) is 0 Å². The number of imidazole rings is 1. The number of methoxy groups -OCH3 is 1. The first kappa shape index (κ1) is 14.1. The van der Waals surface area contributed by atoms with E-state index in [1.54, 1.807) is 11.5 Å². The average molecular weight is 296 g/mol. The van der Waals surface area contributed by atoms with Crippen LogP contribution in [0.4, 0.5) is 0 Å². The molecular formula is C17H16N2O3. The van der Waals surface area contributed by atoms with Crippen LogP contribution in [-0.4, -0.2) is 27.6 Å². The van der Waals surface area contributed by atoms with Gasteiger partial charge in [0.1, 0.15) is 11.4 Å². The first-order chi connectivity index (χ1) is 10.5. The van der Waals surface area contributed by atoms with Crippen LogP contribution in [0.5, 0.6) is 5.75 Å². The predicted molar refractivity (Wildman–Crippen MR) is 83.6 cm³/mol. The van der Waals surface area contributed by atoms with E-state index >= 15 is 0 Å². The van der Waals surface area contributed by atoms with E-state index in [1.165, 1.54) is 6.20 Å². The molecule has 0 fully saturated rings. The number of aromatic nitrogens is 2. The number of carboxylic acid groups (broad SMARTS) is 1. The standard InChI is InChI=1S/C17H16N2O3/c1-10-6-13(7-11(2)16(10)22-3)12-4-5-15-18-14(17(20)21)9-19(15)8-12/h4-9H,1-3H3,(H,20,21). The fraction of sp³-hybridized carbons (Fsp3) is 0.176. The van der Waals surface area contributed by atoms with E-state index < -0.39 is 5.97 Å². The Hall–Kier alpha value is -2.82. The highest BCUT2D eigenvalue weighted by Gasteiger charge is 2.11. The van der Waals surface area contributed by atoms with Crippen molar-refractivity contribution in [3.63, 3.8) is 0 Å². The lowest BCUT2D eigenvalue weighted by Gasteiger charge is -2.11. The molecule has 112 valence electrons. The van der Waals surface area contributed by atoms with Crippen molar-refractivity contribution in [2.75, 3.05) is 7.11 Å². The van der Waals surface area contributed by atoms with E-state index in [4.69, 9.17) is 9.84 Å². The van der Waals surface area contributed by atoms with Crippen molar-refractivity contribution in [2.45, 2.75) is 13.8 Å². The zero-order valence-electron chi connectivity index (χ0n) is 12.6. The minimum Gasteiger partial charge on any atom is -0.496 e. The zero-order chi connectivity index (χ0) is 15.9. The van der Waals surface area contributed by atoms with Gasteiger partial charge in [-0.2, -0.15) is 0 Å². The Morgan fingerprint density at radius 2 is 1.82 bits per heavy atom. The maximum Gasteiger partial charge on any atom is 0.356 e. The second-order valence-electron chi connectivity index (χ2n) is 5.26. The Morgan fingerprint density at radius 1 is 1.14 bits per heavy atom. The van der Waals surface area contributed by atoms with Crippen molar-refractivity contribution in [1.29, 1.82) is 0 Å². The fourth-order valence-electron chi connectivity index (χ4n) is 2.70. The predicted octanol–water partition coefficient (Wildman–Crippen LogP) is 3.32. The highest BCUT2D eigenvalue weighted by molar-refractivity contribution is 5.86. The summed E-state index contributed by atoms with van der Waals surface area (Å²) in [7, 11) is 1.67. The molecule has 3 aromatic rings. The van der Waals surface area contributed by atoms with E-state index in [9.17, 15) is 4.79 Å². The molecule has 22 heavy (non-hydrogen) atoms. The van der Waals surface area contributed by atoms with Crippen LogP contribution >= 0.6 is 0 Å². The second-order valence-corrected chi connectivity index (χ2v) is 5.26. The van der Waals surface area contributed by atoms with Gasteiger partial charge >= 0.3 is 5.97 Å². The summed E-state index contributed by atoms with van der Waals surface area (Å²) < 4.78 is 7.12. The van der Waals surface area contributed by atoms with E-state index in [-0.39, 0.29) is 5.69 Å². The summed E-state index contributed by atoms with van der Waals surface area (Å²) in [5.41, 5.74) is 4.84. The fourth-order valence-corrected chi connectivity index (χ4v) is 2.70. The van der Waals surface area contributed by atoms with Crippen LogP contribution in [-0.2, 0) is 0 Å². The molecule has 0 radical (unpaired) electrons. The van der Waals surface area contributed by atoms with Gasteiger partial charge in [-0.3, -0.25) is 0 Å². The van der Waals surface area contributed by atoms with E-state index in [0.29, 0.717) is 5.65 Å². The Bertz CT molecular complexity index is 858. The van der Waals surface area contributed by atoms with Gasteiger partial charge in [0.25, 0.3) is 0 Å². The van der Waals surface area contributed by atoms with Gasteiger partial charge in [-0.1, -0.05) is 0 Å². The molecule has 0 aliphatic carbocycles. The van der Waals surface area contributed by atoms with Gasteiger partial charge < -0.3 is 14.2 Å². The number of nitrogens with zero attached hydrogens (tertiary/aromatic N) is 2. The average Bonchev–Trinajstić information content (AvgIpc) is 2.90. The minimum absolute atomic E-state index is 0.0410. The van der Waals surface area contributed by atoms with Crippen molar-refractivity contribution in [1.82, 2.24) is 9.38 Å². The highest BCUT2D eigenvalue weighted by atomic mass is 16.5. The lowest BCUT2D eigenvalue weighted by atomic mass is 10.0. The van der Waals surface area contributed by atoms with Gasteiger partial charge in [0.05, 0.1) is 7.11 Å². The van der Waals surface area contributed by atoms with Crippen LogP contribution in [0.2, 0.25) is 0 Å².